The molecule has 3 saturated heterocycles. The molecule has 10 heteroatoms. The fourth-order valence-electron chi connectivity index (χ4n) is 5.84. The van der Waals surface area contributed by atoms with Crippen LogP contribution in [0.3, 0.4) is 0 Å². The van der Waals surface area contributed by atoms with E-state index >= 15 is 0 Å². The summed E-state index contributed by atoms with van der Waals surface area (Å²) in [5.41, 5.74) is 1.78. The Bertz CT molecular complexity index is 1030. The maximum absolute atomic E-state index is 13.2. The van der Waals surface area contributed by atoms with Crippen molar-refractivity contribution in [1.29, 1.82) is 0 Å². The SMILES string of the molecule is O=C1Cc2cc(C(=O)NC3C[C@H]4CC[C@@H](C3)N4S(=O)(=O)C[C@@H]3CCCNC3)c(Cl)cc2N1. The topological polar surface area (TPSA) is 108 Å². The Balaban J connectivity index is 1.25. The van der Waals surface area contributed by atoms with E-state index in [0.29, 0.717) is 29.1 Å². The smallest absolute Gasteiger partial charge is 0.253 e. The molecule has 0 spiro atoms. The lowest BCUT2D eigenvalue weighted by Crippen LogP contribution is -2.53. The molecule has 8 nitrogen and oxygen atoms in total. The standard InChI is InChI=1S/C22H29ClN4O4S/c23-19-10-20-14(7-21(28)26-20)6-18(19)22(29)25-15-8-16-3-4-17(9-15)27(16)32(30,31)12-13-2-1-5-24-11-13/h6,10,13,15-17,24H,1-5,7-9,11-12H2,(H,25,29)(H,26,28)/t13-,15?,16-,17+/m1/s1. The molecule has 5 rings (SSSR count). The number of rotatable bonds is 5. The molecule has 4 aliphatic heterocycles. The van der Waals surface area contributed by atoms with E-state index in [-0.39, 0.29) is 48.0 Å². The van der Waals surface area contributed by atoms with Crippen LogP contribution >= 0.6 is 11.6 Å². The zero-order valence-electron chi connectivity index (χ0n) is 17.9. The molecule has 3 fully saturated rings. The molecule has 0 aromatic heterocycles. The van der Waals surface area contributed by atoms with Gasteiger partial charge in [0, 0.05) is 23.8 Å². The molecule has 0 radical (unpaired) electrons. The highest BCUT2D eigenvalue weighted by Gasteiger charge is 2.47. The lowest BCUT2D eigenvalue weighted by Gasteiger charge is -2.39. The van der Waals surface area contributed by atoms with E-state index < -0.39 is 10.0 Å². The van der Waals surface area contributed by atoms with Crippen LogP contribution in [0, 0.1) is 5.92 Å². The van der Waals surface area contributed by atoms with Gasteiger partial charge in [-0.2, -0.15) is 4.31 Å². The highest BCUT2D eigenvalue weighted by Crippen LogP contribution is 2.39. The first-order chi connectivity index (χ1) is 15.3. The number of sulfonamides is 1. The molecular weight excluding hydrogens is 452 g/mol. The van der Waals surface area contributed by atoms with Crippen molar-refractivity contribution < 1.29 is 18.0 Å². The van der Waals surface area contributed by atoms with E-state index in [1.165, 1.54) is 0 Å². The average Bonchev–Trinajstić information content (AvgIpc) is 3.24. The van der Waals surface area contributed by atoms with E-state index in [9.17, 15) is 18.0 Å². The molecular formula is C22H29ClN4O4S. The lowest BCUT2D eigenvalue weighted by molar-refractivity contribution is -0.115. The van der Waals surface area contributed by atoms with Crippen molar-refractivity contribution in [1.82, 2.24) is 14.9 Å². The van der Waals surface area contributed by atoms with Gasteiger partial charge >= 0.3 is 0 Å². The van der Waals surface area contributed by atoms with Gasteiger partial charge in [-0.15, -0.1) is 0 Å². The number of halogens is 1. The highest BCUT2D eigenvalue weighted by molar-refractivity contribution is 7.89. The summed E-state index contributed by atoms with van der Waals surface area (Å²) in [7, 11) is -3.32. The number of hydrogen-bond donors (Lipinski definition) is 3. The van der Waals surface area contributed by atoms with Crippen molar-refractivity contribution in [2.24, 2.45) is 5.92 Å². The van der Waals surface area contributed by atoms with Gasteiger partial charge in [-0.05, 0) is 75.2 Å². The van der Waals surface area contributed by atoms with Gasteiger partial charge in [-0.25, -0.2) is 8.42 Å². The van der Waals surface area contributed by atoms with Crippen LogP contribution in [0.5, 0.6) is 0 Å². The molecule has 1 aromatic rings. The molecule has 3 N–H and O–H groups in total. The number of amides is 2. The van der Waals surface area contributed by atoms with E-state index in [1.807, 2.05) is 0 Å². The second-order valence-electron chi connectivity index (χ2n) is 9.56. The quantitative estimate of drug-likeness (QED) is 0.596. The van der Waals surface area contributed by atoms with Crippen LogP contribution in [0.25, 0.3) is 0 Å². The summed E-state index contributed by atoms with van der Waals surface area (Å²) >= 11 is 6.31. The first-order valence-electron chi connectivity index (χ1n) is 11.5. The third kappa shape index (κ3) is 4.27. The summed E-state index contributed by atoms with van der Waals surface area (Å²) in [6.07, 6.45) is 5.14. The average molecular weight is 481 g/mol. The van der Waals surface area contributed by atoms with Crippen LogP contribution in [0.15, 0.2) is 12.1 Å². The van der Waals surface area contributed by atoms with Crippen molar-refractivity contribution in [3.05, 3.63) is 28.3 Å². The minimum atomic E-state index is -3.32. The van der Waals surface area contributed by atoms with Crippen molar-refractivity contribution in [3.63, 3.8) is 0 Å². The first kappa shape index (κ1) is 22.1. The van der Waals surface area contributed by atoms with Gasteiger partial charge in [0.2, 0.25) is 15.9 Å². The Kier molecular flexibility index (Phi) is 5.94. The number of nitrogens with zero attached hydrogens (tertiary/aromatic N) is 1. The Labute approximate surface area is 193 Å². The second kappa shape index (κ2) is 8.59. The Hall–Kier alpha value is -1.68. The summed E-state index contributed by atoms with van der Waals surface area (Å²) in [6, 6.07) is 3.09. The number of piperidine rings is 2. The minimum absolute atomic E-state index is 0.0575. The van der Waals surface area contributed by atoms with Gasteiger partial charge in [0.05, 0.1) is 22.8 Å². The summed E-state index contributed by atoms with van der Waals surface area (Å²) in [4.78, 5) is 24.6. The van der Waals surface area contributed by atoms with E-state index in [1.54, 1.807) is 16.4 Å². The molecule has 2 amide bonds. The molecule has 2 bridgehead atoms. The van der Waals surface area contributed by atoms with Gasteiger partial charge < -0.3 is 16.0 Å². The van der Waals surface area contributed by atoms with Crippen LogP contribution in [0.2, 0.25) is 5.02 Å². The van der Waals surface area contributed by atoms with E-state index in [4.69, 9.17) is 11.6 Å². The minimum Gasteiger partial charge on any atom is -0.349 e. The van der Waals surface area contributed by atoms with Gasteiger partial charge in [0.25, 0.3) is 5.91 Å². The van der Waals surface area contributed by atoms with Gasteiger partial charge in [-0.1, -0.05) is 11.6 Å². The summed E-state index contributed by atoms with van der Waals surface area (Å²) in [5, 5.41) is 9.40. The molecule has 32 heavy (non-hydrogen) atoms. The second-order valence-corrected chi connectivity index (χ2v) is 11.9. The third-order valence-corrected chi connectivity index (χ3v) is 9.67. The van der Waals surface area contributed by atoms with Crippen molar-refractivity contribution in [2.45, 2.75) is 63.1 Å². The number of hydrogen-bond acceptors (Lipinski definition) is 5. The molecule has 0 saturated carbocycles. The number of nitrogens with one attached hydrogen (secondary N) is 3. The maximum atomic E-state index is 13.2. The number of carbonyl (C=O) groups excluding carboxylic acids is 2. The monoisotopic (exact) mass is 480 g/mol. The highest BCUT2D eigenvalue weighted by atomic mass is 35.5. The number of anilines is 1. The molecule has 4 heterocycles. The van der Waals surface area contributed by atoms with Crippen LogP contribution in [-0.2, 0) is 21.2 Å². The fraction of sp³-hybridized carbons (Fsp3) is 0.636. The van der Waals surface area contributed by atoms with Gasteiger partial charge in [0.15, 0.2) is 0 Å². The summed E-state index contributed by atoms with van der Waals surface area (Å²) in [6.45, 7) is 1.73. The van der Waals surface area contributed by atoms with Gasteiger partial charge in [-0.3, -0.25) is 9.59 Å². The lowest BCUT2D eigenvalue weighted by atomic mass is 9.99. The van der Waals surface area contributed by atoms with Crippen LogP contribution < -0.4 is 16.0 Å². The number of fused-ring (bicyclic) bond motifs is 3. The predicted molar refractivity (Wildman–Crippen MR) is 122 cm³/mol. The van der Waals surface area contributed by atoms with Crippen LogP contribution in [-0.4, -0.2) is 61.5 Å². The van der Waals surface area contributed by atoms with Gasteiger partial charge in [0.1, 0.15) is 0 Å². The summed E-state index contributed by atoms with van der Waals surface area (Å²) in [5.74, 6) is 0.00412. The van der Waals surface area contributed by atoms with Crippen LogP contribution in [0.1, 0.15) is 54.4 Å². The molecule has 0 aliphatic carbocycles. The molecule has 4 aliphatic rings. The normalized spacial score (nSPS) is 30.1. The van der Waals surface area contributed by atoms with Crippen molar-refractivity contribution >= 4 is 39.1 Å². The number of carbonyl (C=O) groups is 2. The maximum Gasteiger partial charge on any atom is 0.253 e. The predicted octanol–water partition coefficient (Wildman–Crippen LogP) is 1.89. The van der Waals surface area contributed by atoms with Crippen molar-refractivity contribution in [3.8, 4) is 0 Å². The van der Waals surface area contributed by atoms with E-state index in [2.05, 4.69) is 16.0 Å². The zero-order chi connectivity index (χ0) is 22.5. The first-order valence-corrected chi connectivity index (χ1v) is 13.4. The Morgan fingerprint density at radius 1 is 1.19 bits per heavy atom. The van der Waals surface area contributed by atoms with Crippen molar-refractivity contribution in [2.75, 3.05) is 24.2 Å². The largest absolute Gasteiger partial charge is 0.349 e. The third-order valence-electron chi connectivity index (χ3n) is 7.23. The molecule has 1 aromatic carbocycles. The fourth-order valence-corrected chi connectivity index (χ4v) is 8.43. The molecule has 174 valence electrons. The number of benzene rings is 1. The molecule has 4 atom stereocenters. The zero-order valence-corrected chi connectivity index (χ0v) is 19.5. The van der Waals surface area contributed by atoms with Crippen LogP contribution in [0.4, 0.5) is 5.69 Å². The van der Waals surface area contributed by atoms with E-state index in [0.717, 1.165) is 44.3 Å². The molecule has 1 unspecified atom stereocenters. The summed E-state index contributed by atoms with van der Waals surface area (Å²) < 4.78 is 28.2. The Morgan fingerprint density at radius 2 is 1.94 bits per heavy atom. The Morgan fingerprint density at radius 3 is 2.62 bits per heavy atom.